The molecule has 0 spiro atoms. The molecule has 0 aromatic heterocycles. The van der Waals surface area contributed by atoms with Crippen LogP contribution >= 0.6 is 0 Å². The van der Waals surface area contributed by atoms with Gasteiger partial charge >= 0.3 is 0 Å². The lowest BCUT2D eigenvalue weighted by atomic mass is 9.84. The number of ether oxygens (including phenoxy) is 1. The van der Waals surface area contributed by atoms with Crippen molar-refractivity contribution in [2.24, 2.45) is 0 Å². The standard InChI is InChI=1S/C24H28N2O3S/c1-17-5-8-21(9-6-17)30(27,28)26-12-3-4-19-16-25-13-11-18-14-20(29-2)7-10-22(18)24(25)15-23(19)26/h5-10,14,24H,3-4,11-13,15-16H2,1-2H3. The van der Waals surface area contributed by atoms with Crippen molar-refractivity contribution in [3.8, 4) is 5.75 Å². The highest BCUT2D eigenvalue weighted by Crippen LogP contribution is 2.44. The van der Waals surface area contributed by atoms with Crippen LogP contribution in [0.2, 0.25) is 0 Å². The number of aryl methyl sites for hydroxylation is 1. The smallest absolute Gasteiger partial charge is 0.264 e. The van der Waals surface area contributed by atoms with Gasteiger partial charge in [0.25, 0.3) is 10.0 Å². The van der Waals surface area contributed by atoms with Gasteiger partial charge < -0.3 is 4.74 Å². The highest BCUT2D eigenvalue weighted by molar-refractivity contribution is 7.89. The molecule has 3 heterocycles. The molecule has 0 amide bonds. The Bertz CT molecular complexity index is 1110. The normalized spacial score (nSPS) is 21.7. The van der Waals surface area contributed by atoms with E-state index in [-0.39, 0.29) is 6.04 Å². The van der Waals surface area contributed by atoms with E-state index in [0.29, 0.717) is 11.4 Å². The molecule has 0 radical (unpaired) electrons. The van der Waals surface area contributed by atoms with Gasteiger partial charge in [0.1, 0.15) is 5.75 Å². The van der Waals surface area contributed by atoms with Gasteiger partial charge in [-0.25, -0.2) is 8.42 Å². The minimum atomic E-state index is -3.54. The van der Waals surface area contributed by atoms with E-state index in [1.54, 1.807) is 23.5 Å². The van der Waals surface area contributed by atoms with Gasteiger partial charge in [-0.2, -0.15) is 0 Å². The summed E-state index contributed by atoms with van der Waals surface area (Å²) in [6, 6.07) is 13.8. The molecule has 3 aliphatic rings. The zero-order valence-corrected chi connectivity index (χ0v) is 18.4. The average molecular weight is 425 g/mol. The Morgan fingerprint density at radius 2 is 1.83 bits per heavy atom. The molecule has 30 heavy (non-hydrogen) atoms. The summed E-state index contributed by atoms with van der Waals surface area (Å²) in [5.41, 5.74) is 6.02. The van der Waals surface area contributed by atoms with E-state index in [9.17, 15) is 8.42 Å². The summed E-state index contributed by atoms with van der Waals surface area (Å²) in [4.78, 5) is 2.91. The fourth-order valence-electron chi connectivity index (χ4n) is 5.13. The van der Waals surface area contributed by atoms with Crippen LogP contribution in [0.4, 0.5) is 0 Å². The SMILES string of the molecule is COc1ccc2c(c1)CCN1CC3=C(CC21)N(S(=O)(=O)c1ccc(C)cc1)CCC3. The van der Waals surface area contributed by atoms with E-state index in [4.69, 9.17) is 4.74 Å². The van der Waals surface area contributed by atoms with E-state index < -0.39 is 10.0 Å². The van der Waals surface area contributed by atoms with Crippen LogP contribution in [-0.4, -0.2) is 44.4 Å². The molecule has 1 atom stereocenters. The van der Waals surface area contributed by atoms with Gasteiger partial charge in [-0.1, -0.05) is 23.8 Å². The number of rotatable bonds is 3. The first kappa shape index (κ1) is 19.6. The van der Waals surface area contributed by atoms with E-state index >= 15 is 0 Å². The second-order valence-electron chi connectivity index (χ2n) is 8.55. The zero-order valence-electron chi connectivity index (χ0n) is 17.6. The maximum atomic E-state index is 13.5. The molecule has 0 saturated carbocycles. The number of sulfonamides is 1. The molecule has 6 heteroatoms. The average Bonchev–Trinajstić information content (AvgIpc) is 2.77. The fraction of sp³-hybridized carbons (Fsp3) is 0.417. The fourth-order valence-corrected chi connectivity index (χ4v) is 6.73. The molecule has 0 aliphatic carbocycles. The third-order valence-corrected chi connectivity index (χ3v) is 8.61. The lowest BCUT2D eigenvalue weighted by Crippen LogP contribution is -2.45. The number of hydrogen-bond donors (Lipinski definition) is 0. The quantitative estimate of drug-likeness (QED) is 0.746. The summed E-state index contributed by atoms with van der Waals surface area (Å²) in [7, 11) is -1.84. The van der Waals surface area contributed by atoms with Gasteiger partial charge in [-0.15, -0.1) is 0 Å². The summed E-state index contributed by atoms with van der Waals surface area (Å²) >= 11 is 0. The van der Waals surface area contributed by atoms with Crippen molar-refractivity contribution in [1.29, 1.82) is 0 Å². The second kappa shape index (κ2) is 7.43. The van der Waals surface area contributed by atoms with E-state index in [2.05, 4.69) is 17.0 Å². The predicted molar refractivity (Wildman–Crippen MR) is 117 cm³/mol. The molecular formula is C24H28N2O3S. The van der Waals surface area contributed by atoms with Crippen molar-refractivity contribution in [2.45, 2.75) is 43.5 Å². The van der Waals surface area contributed by atoms with Gasteiger partial charge in [-0.05, 0) is 67.2 Å². The number of fused-ring (bicyclic) bond motifs is 3. The second-order valence-corrected chi connectivity index (χ2v) is 10.4. The predicted octanol–water partition coefficient (Wildman–Crippen LogP) is 4.05. The van der Waals surface area contributed by atoms with Crippen LogP contribution in [0.25, 0.3) is 0 Å². The number of benzene rings is 2. The first-order valence-corrected chi connectivity index (χ1v) is 12.1. The third-order valence-electron chi connectivity index (χ3n) is 6.76. The van der Waals surface area contributed by atoms with E-state index in [0.717, 1.165) is 55.8 Å². The van der Waals surface area contributed by atoms with Crippen LogP contribution in [0, 0.1) is 6.92 Å². The zero-order chi connectivity index (χ0) is 20.9. The summed E-state index contributed by atoms with van der Waals surface area (Å²) in [6.07, 6.45) is 3.64. The molecule has 5 rings (SSSR count). The van der Waals surface area contributed by atoms with Gasteiger partial charge in [0, 0.05) is 37.8 Å². The van der Waals surface area contributed by atoms with Crippen LogP contribution in [-0.2, 0) is 16.4 Å². The van der Waals surface area contributed by atoms with E-state index in [1.807, 2.05) is 25.1 Å². The molecule has 158 valence electrons. The summed E-state index contributed by atoms with van der Waals surface area (Å²) in [5.74, 6) is 0.888. The molecule has 0 saturated heterocycles. The largest absolute Gasteiger partial charge is 0.497 e. The van der Waals surface area contributed by atoms with Crippen LogP contribution in [0.3, 0.4) is 0 Å². The molecule has 0 N–H and O–H groups in total. The van der Waals surface area contributed by atoms with Crippen molar-refractivity contribution in [3.05, 3.63) is 70.4 Å². The van der Waals surface area contributed by atoms with Crippen molar-refractivity contribution in [3.63, 3.8) is 0 Å². The van der Waals surface area contributed by atoms with Gasteiger partial charge in [0.15, 0.2) is 0 Å². The van der Waals surface area contributed by atoms with Crippen molar-refractivity contribution < 1.29 is 13.2 Å². The van der Waals surface area contributed by atoms with Crippen molar-refractivity contribution in [1.82, 2.24) is 9.21 Å². The Morgan fingerprint density at radius 1 is 1.03 bits per heavy atom. The Hall–Kier alpha value is -2.31. The maximum Gasteiger partial charge on any atom is 0.264 e. The Kier molecular flexibility index (Phi) is 4.86. The van der Waals surface area contributed by atoms with Crippen LogP contribution in [0.15, 0.2) is 58.6 Å². The Labute approximate surface area is 179 Å². The molecule has 0 fully saturated rings. The maximum absolute atomic E-state index is 13.5. The molecule has 2 aromatic rings. The van der Waals surface area contributed by atoms with E-state index in [1.165, 1.54) is 16.7 Å². The molecule has 2 aromatic carbocycles. The highest BCUT2D eigenvalue weighted by atomic mass is 32.2. The first-order chi connectivity index (χ1) is 14.5. The lowest BCUT2D eigenvalue weighted by molar-refractivity contribution is 0.168. The lowest BCUT2D eigenvalue weighted by Gasteiger charge is -2.46. The van der Waals surface area contributed by atoms with Crippen LogP contribution < -0.4 is 4.74 Å². The van der Waals surface area contributed by atoms with Crippen molar-refractivity contribution in [2.75, 3.05) is 26.7 Å². The molecule has 0 bridgehead atoms. The van der Waals surface area contributed by atoms with Crippen LogP contribution in [0.1, 0.15) is 42.0 Å². The summed E-state index contributed by atoms with van der Waals surface area (Å²) < 4.78 is 34.1. The number of nitrogens with zero attached hydrogens (tertiary/aromatic N) is 2. The van der Waals surface area contributed by atoms with Gasteiger partial charge in [0.2, 0.25) is 0 Å². The Morgan fingerprint density at radius 3 is 2.60 bits per heavy atom. The molecule has 5 nitrogen and oxygen atoms in total. The minimum Gasteiger partial charge on any atom is -0.497 e. The molecule has 1 unspecified atom stereocenters. The minimum absolute atomic E-state index is 0.229. The van der Waals surface area contributed by atoms with Gasteiger partial charge in [-0.3, -0.25) is 9.21 Å². The Balaban J connectivity index is 1.51. The summed E-state index contributed by atoms with van der Waals surface area (Å²) in [6.45, 7) is 4.41. The monoisotopic (exact) mass is 424 g/mol. The third kappa shape index (κ3) is 3.22. The first-order valence-electron chi connectivity index (χ1n) is 10.7. The van der Waals surface area contributed by atoms with Crippen molar-refractivity contribution >= 4 is 10.0 Å². The number of methoxy groups -OCH3 is 1. The van der Waals surface area contributed by atoms with Crippen LogP contribution in [0.5, 0.6) is 5.75 Å². The number of hydrogen-bond acceptors (Lipinski definition) is 4. The molecular weight excluding hydrogens is 396 g/mol. The highest BCUT2D eigenvalue weighted by Gasteiger charge is 2.39. The topological polar surface area (TPSA) is 49.9 Å². The molecule has 3 aliphatic heterocycles. The summed E-state index contributed by atoms with van der Waals surface area (Å²) in [5, 5.41) is 0. The van der Waals surface area contributed by atoms with Gasteiger partial charge in [0.05, 0.1) is 12.0 Å².